The van der Waals surface area contributed by atoms with Crippen molar-refractivity contribution in [2.45, 2.75) is 52.9 Å². The van der Waals surface area contributed by atoms with Gasteiger partial charge in [0, 0.05) is 24.7 Å². The predicted molar refractivity (Wildman–Crippen MR) is 80.5 cm³/mol. The SMILES string of the molecule is CC(C)CNCc1occc1CN1CC(C)OCC1C. The number of hydrogen-bond donors (Lipinski definition) is 1. The van der Waals surface area contributed by atoms with Crippen LogP contribution in [0.4, 0.5) is 0 Å². The summed E-state index contributed by atoms with van der Waals surface area (Å²) in [5.74, 6) is 1.73. The number of rotatable bonds is 6. The molecular formula is C16H28N2O2. The molecule has 1 aliphatic heterocycles. The maximum Gasteiger partial charge on any atom is 0.122 e. The largest absolute Gasteiger partial charge is 0.468 e. The van der Waals surface area contributed by atoms with Gasteiger partial charge in [-0.3, -0.25) is 4.90 Å². The number of morpholine rings is 1. The molecule has 1 fully saturated rings. The maximum atomic E-state index is 5.68. The lowest BCUT2D eigenvalue weighted by atomic mass is 10.1. The summed E-state index contributed by atoms with van der Waals surface area (Å²) in [6.45, 7) is 13.4. The van der Waals surface area contributed by atoms with Crippen molar-refractivity contribution < 1.29 is 9.15 Å². The van der Waals surface area contributed by atoms with Crippen molar-refractivity contribution in [1.82, 2.24) is 10.2 Å². The minimum Gasteiger partial charge on any atom is -0.468 e. The number of nitrogens with one attached hydrogen (secondary N) is 1. The van der Waals surface area contributed by atoms with Crippen LogP contribution in [0.5, 0.6) is 0 Å². The Morgan fingerprint density at radius 3 is 2.95 bits per heavy atom. The zero-order valence-electron chi connectivity index (χ0n) is 13.2. The van der Waals surface area contributed by atoms with Crippen LogP contribution >= 0.6 is 0 Å². The van der Waals surface area contributed by atoms with Crippen molar-refractivity contribution in [3.05, 3.63) is 23.7 Å². The number of hydrogen-bond acceptors (Lipinski definition) is 4. The highest BCUT2D eigenvalue weighted by Gasteiger charge is 2.24. The Hall–Kier alpha value is -0.840. The molecule has 0 aromatic carbocycles. The molecule has 2 unspecified atom stereocenters. The third kappa shape index (κ3) is 4.33. The average molecular weight is 280 g/mol. The molecule has 1 aromatic rings. The van der Waals surface area contributed by atoms with Gasteiger partial charge in [-0.1, -0.05) is 13.8 Å². The third-order valence-electron chi connectivity index (χ3n) is 3.79. The highest BCUT2D eigenvalue weighted by molar-refractivity contribution is 5.17. The minimum atomic E-state index is 0.320. The summed E-state index contributed by atoms with van der Waals surface area (Å²) in [5, 5.41) is 3.45. The van der Waals surface area contributed by atoms with Gasteiger partial charge < -0.3 is 14.5 Å². The molecule has 4 nitrogen and oxygen atoms in total. The second kappa shape index (κ2) is 7.25. The van der Waals surface area contributed by atoms with Gasteiger partial charge in [0.25, 0.3) is 0 Å². The minimum absolute atomic E-state index is 0.320. The van der Waals surface area contributed by atoms with Gasteiger partial charge in [0.05, 0.1) is 25.5 Å². The van der Waals surface area contributed by atoms with E-state index in [2.05, 4.69) is 44.0 Å². The van der Waals surface area contributed by atoms with Crippen molar-refractivity contribution in [1.29, 1.82) is 0 Å². The topological polar surface area (TPSA) is 37.6 Å². The molecule has 0 spiro atoms. The van der Waals surface area contributed by atoms with Crippen molar-refractivity contribution in [2.24, 2.45) is 5.92 Å². The van der Waals surface area contributed by atoms with E-state index >= 15 is 0 Å². The Morgan fingerprint density at radius 2 is 2.20 bits per heavy atom. The molecule has 0 bridgehead atoms. The lowest BCUT2D eigenvalue weighted by Gasteiger charge is -2.36. The van der Waals surface area contributed by atoms with E-state index < -0.39 is 0 Å². The Balaban J connectivity index is 1.90. The molecule has 0 saturated carbocycles. The van der Waals surface area contributed by atoms with E-state index in [-0.39, 0.29) is 0 Å². The summed E-state index contributed by atoms with van der Waals surface area (Å²) in [4.78, 5) is 2.48. The van der Waals surface area contributed by atoms with Crippen molar-refractivity contribution in [2.75, 3.05) is 19.7 Å². The van der Waals surface area contributed by atoms with E-state index in [9.17, 15) is 0 Å². The maximum absolute atomic E-state index is 5.68. The molecule has 20 heavy (non-hydrogen) atoms. The predicted octanol–water partition coefficient (Wildman–Crippen LogP) is 2.63. The Bertz CT molecular complexity index is 403. The van der Waals surface area contributed by atoms with Crippen molar-refractivity contribution in [3.8, 4) is 0 Å². The van der Waals surface area contributed by atoms with E-state index in [1.807, 2.05) is 0 Å². The van der Waals surface area contributed by atoms with Gasteiger partial charge in [-0.2, -0.15) is 0 Å². The van der Waals surface area contributed by atoms with Crippen LogP contribution in [0, 0.1) is 5.92 Å². The first-order valence-corrected chi connectivity index (χ1v) is 7.68. The van der Waals surface area contributed by atoms with Gasteiger partial charge in [-0.05, 0) is 32.4 Å². The summed E-state index contributed by atoms with van der Waals surface area (Å²) in [6.07, 6.45) is 2.12. The molecule has 1 N–H and O–H groups in total. The zero-order chi connectivity index (χ0) is 14.5. The first-order valence-electron chi connectivity index (χ1n) is 7.68. The molecule has 2 atom stereocenters. The first-order chi connectivity index (χ1) is 9.56. The number of ether oxygens (including phenoxy) is 1. The standard InChI is InChI=1S/C16H28N2O2/c1-12(2)7-17-8-16-15(5-6-19-16)10-18-9-14(4)20-11-13(18)3/h5-6,12-14,17H,7-11H2,1-4H3. The van der Waals surface area contributed by atoms with Crippen LogP contribution in [0.1, 0.15) is 39.0 Å². The van der Waals surface area contributed by atoms with E-state index in [0.29, 0.717) is 18.1 Å². The molecule has 4 heteroatoms. The molecule has 114 valence electrons. The van der Waals surface area contributed by atoms with Crippen LogP contribution in [-0.4, -0.2) is 36.7 Å². The normalized spacial score (nSPS) is 24.4. The molecule has 2 heterocycles. The second-order valence-corrected chi connectivity index (χ2v) is 6.32. The lowest BCUT2D eigenvalue weighted by Crippen LogP contribution is -2.46. The number of furan rings is 1. The first kappa shape index (κ1) is 15.5. The smallest absolute Gasteiger partial charge is 0.122 e. The molecule has 1 aliphatic rings. The van der Waals surface area contributed by atoms with E-state index in [0.717, 1.165) is 38.5 Å². The molecule has 1 saturated heterocycles. The van der Waals surface area contributed by atoms with Crippen LogP contribution in [0.2, 0.25) is 0 Å². The van der Waals surface area contributed by atoms with Crippen molar-refractivity contribution in [3.63, 3.8) is 0 Å². The summed E-state index contributed by atoms with van der Waals surface area (Å²) in [7, 11) is 0. The van der Waals surface area contributed by atoms with Gasteiger partial charge >= 0.3 is 0 Å². The Morgan fingerprint density at radius 1 is 1.40 bits per heavy atom. The summed E-state index contributed by atoms with van der Waals surface area (Å²) in [6, 6.07) is 2.57. The van der Waals surface area contributed by atoms with Crippen LogP contribution in [-0.2, 0) is 17.8 Å². The van der Waals surface area contributed by atoms with Gasteiger partial charge in [0.2, 0.25) is 0 Å². The third-order valence-corrected chi connectivity index (χ3v) is 3.79. The fourth-order valence-corrected chi connectivity index (χ4v) is 2.55. The lowest BCUT2D eigenvalue weighted by molar-refractivity contribution is -0.0528. The number of nitrogens with zero attached hydrogens (tertiary/aromatic N) is 1. The molecule has 0 amide bonds. The fourth-order valence-electron chi connectivity index (χ4n) is 2.55. The average Bonchev–Trinajstić information content (AvgIpc) is 2.81. The van der Waals surface area contributed by atoms with E-state index in [1.165, 1.54) is 5.56 Å². The summed E-state index contributed by atoms with van der Waals surface area (Å²) < 4.78 is 11.3. The van der Waals surface area contributed by atoms with Gasteiger partial charge in [-0.15, -0.1) is 0 Å². The molecular weight excluding hydrogens is 252 g/mol. The monoisotopic (exact) mass is 280 g/mol. The van der Waals surface area contributed by atoms with Gasteiger partial charge in [0.1, 0.15) is 5.76 Å². The van der Waals surface area contributed by atoms with Gasteiger partial charge in [0.15, 0.2) is 0 Å². The molecule has 1 aromatic heterocycles. The van der Waals surface area contributed by atoms with Crippen LogP contribution in [0.25, 0.3) is 0 Å². The Labute approximate surface area is 122 Å². The van der Waals surface area contributed by atoms with Gasteiger partial charge in [-0.25, -0.2) is 0 Å². The second-order valence-electron chi connectivity index (χ2n) is 6.32. The van der Waals surface area contributed by atoms with Crippen LogP contribution < -0.4 is 5.32 Å². The zero-order valence-corrected chi connectivity index (χ0v) is 13.2. The Kier molecular flexibility index (Phi) is 5.64. The molecule has 0 radical (unpaired) electrons. The van der Waals surface area contributed by atoms with Crippen molar-refractivity contribution >= 4 is 0 Å². The van der Waals surface area contributed by atoms with E-state index in [4.69, 9.17) is 9.15 Å². The quantitative estimate of drug-likeness (QED) is 0.869. The summed E-state index contributed by atoms with van der Waals surface area (Å²) in [5.41, 5.74) is 1.29. The summed E-state index contributed by atoms with van der Waals surface area (Å²) >= 11 is 0. The highest BCUT2D eigenvalue weighted by Crippen LogP contribution is 2.18. The highest BCUT2D eigenvalue weighted by atomic mass is 16.5. The van der Waals surface area contributed by atoms with Crippen LogP contribution in [0.3, 0.4) is 0 Å². The molecule has 0 aliphatic carbocycles. The molecule has 2 rings (SSSR count). The van der Waals surface area contributed by atoms with Crippen LogP contribution in [0.15, 0.2) is 16.7 Å². The van der Waals surface area contributed by atoms with E-state index in [1.54, 1.807) is 6.26 Å². The fraction of sp³-hybridized carbons (Fsp3) is 0.750.